The number of sulfonamides is 1. The van der Waals surface area contributed by atoms with Crippen molar-refractivity contribution in [3.63, 3.8) is 0 Å². The third-order valence-electron chi connectivity index (χ3n) is 6.23. The van der Waals surface area contributed by atoms with Gasteiger partial charge in [0.25, 0.3) is 0 Å². The Morgan fingerprint density at radius 1 is 1.03 bits per heavy atom. The number of rotatable bonds is 7. The molecular formula is C26H29N3O4S2. The van der Waals surface area contributed by atoms with Crippen LogP contribution in [0.3, 0.4) is 0 Å². The number of aromatic nitrogens is 1. The van der Waals surface area contributed by atoms with Crippen molar-refractivity contribution in [1.82, 2.24) is 9.29 Å². The number of thiazole rings is 1. The fraction of sp³-hybridized carbons (Fsp3) is 0.346. The Bertz CT molecular complexity index is 1310. The van der Waals surface area contributed by atoms with Crippen molar-refractivity contribution in [1.29, 1.82) is 0 Å². The molecule has 4 rings (SSSR count). The van der Waals surface area contributed by atoms with Crippen LogP contribution in [0, 0.1) is 5.92 Å². The zero-order chi connectivity index (χ0) is 25.2. The second-order valence-corrected chi connectivity index (χ2v) is 11.9. The van der Waals surface area contributed by atoms with Gasteiger partial charge in [0, 0.05) is 31.5 Å². The normalized spacial score (nSPS) is 15.3. The number of anilines is 1. The van der Waals surface area contributed by atoms with Gasteiger partial charge in [0.1, 0.15) is 0 Å². The molecule has 184 valence electrons. The fourth-order valence-electron chi connectivity index (χ4n) is 4.14. The molecule has 0 spiro atoms. The number of amides is 1. The van der Waals surface area contributed by atoms with Gasteiger partial charge in [0.2, 0.25) is 15.9 Å². The maximum Gasteiger partial charge on any atom is 0.243 e. The van der Waals surface area contributed by atoms with Gasteiger partial charge in [-0.25, -0.2) is 13.4 Å². The highest BCUT2D eigenvalue weighted by Crippen LogP contribution is 2.32. The van der Waals surface area contributed by atoms with Crippen molar-refractivity contribution in [3.8, 4) is 11.3 Å². The van der Waals surface area contributed by atoms with E-state index in [2.05, 4.69) is 24.1 Å². The van der Waals surface area contributed by atoms with E-state index in [0.29, 0.717) is 34.5 Å². The number of benzene rings is 2. The summed E-state index contributed by atoms with van der Waals surface area (Å²) in [4.78, 5) is 30.3. The summed E-state index contributed by atoms with van der Waals surface area (Å²) in [5, 5.41) is 3.22. The van der Waals surface area contributed by atoms with E-state index in [-0.39, 0.29) is 35.6 Å². The lowest BCUT2D eigenvalue weighted by Gasteiger charge is -2.30. The third-order valence-corrected chi connectivity index (χ3v) is 9.22. The van der Waals surface area contributed by atoms with Crippen LogP contribution in [-0.2, 0) is 14.8 Å². The van der Waals surface area contributed by atoms with Crippen LogP contribution in [0.1, 0.15) is 54.8 Å². The second kappa shape index (κ2) is 10.4. The van der Waals surface area contributed by atoms with Crippen LogP contribution in [0.15, 0.2) is 59.5 Å². The molecule has 1 fully saturated rings. The highest BCUT2D eigenvalue weighted by atomic mass is 32.2. The van der Waals surface area contributed by atoms with Crippen molar-refractivity contribution < 1.29 is 18.0 Å². The number of carbonyl (C=O) groups is 2. The monoisotopic (exact) mass is 511 g/mol. The number of nitrogens with one attached hydrogen (secondary N) is 1. The number of hydrogen-bond acceptors (Lipinski definition) is 6. The molecule has 0 bridgehead atoms. The molecule has 1 aromatic heterocycles. The summed E-state index contributed by atoms with van der Waals surface area (Å²) in [5.74, 6) is -0.308. The van der Waals surface area contributed by atoms with E-state index in [4.69, 9.17) is 0 Å². The predicted octanol–water partition coefficient (Wildman–Crippen LogP) is 5.18. The minimum atomic E-state index is -3.60. The first kappa shape index (κ1) is 25.2. The van der Waals surface area contributed by atoms with E-state index in [9.17, 15) is 18.0 Å². The Hall–Kier alpha value is -2.88. The van der Waals surface area contributed by atoms with Crippen molar-refractivity contribution in [2.45, 2.75) is 44.4 Å². The van der Waals surface area contributed by atoms with Crippen LogP contribution in [0.25, 0.3) is 11.3 Å². The second-order valence-electron chi connectivity index (χ2n) is 9.01. The summed E-state index contributed by atoms with van der Waals surface area (Å²) < 4.78 is 27.6. The lowest BCUT2D eigenvalue weighted by Crippen LogP contribution is -2.41. The van der Waals surface area contributed by atoms with Gasteiger partial charge in [-0.2, -0.15) is 4.31 Å². The van der Waals surface area contributed by atoms with E-state index < -0.39 is 10.0 Å². The smallest absolute Gasteiger partial charge is 0.243 e. The Balaban J connectivity index is 1.41. The molecule has 0 unspecified atom stereocenters. The predicted molar refractivity (Wildman–Crippen MR) is 138 cm³/mol. The summed E-state index contributed by atoms with van der Waals surface area (Å²) in [6.07, 6.45) is 0.844. The molecule has 7 nitrogen and oxygen atoms in total. The van der Waals surface area contributed by atoms with Gasteiger partial charge in [0.05, 0.1) is 15.5 Å². The average molecular weight is 512 g/mol. The molecule has 2 aromatic carbocycles. The molecule has 1 aliphatic rings. The minimum Gasteiger partial charge on any atom is -0.302 e. The molecule has 0 aliphatic carbocycles. The van der Waals surface area contributed by atoms with Gasteiger partial charge in [-0.3, -0.25) is 9.59 Å². The first-order valence-electron chi connectivity index (χ1n) is 11.6. The van der Waals surface area contributed by atoms with Crippen LogP contribution in [0.5, 0.6) is 0 Å². The van der Waals surface area contributed by atoms with E-state index in [1.54, 1.807) is 12.1 Å². The molecule has 1 N–H and O–H groups in total. The summed E-state index contributed by atoms with van der Waals surface area (Å²) >= 11 is 1.16. The van der Waals surface area contributed by atoms with Crippen molar-refractivity contribution >= 4 is 38.2 Å². The molecule has 9 heteroatoms. The summed E-state index contributed by atoms with van der Waals surface area (Å²) in [6, 6.07) is 16.4. The molecular weight excluding hydrogens is 482 g/mol. The molecule has 1 aliphatic heterocycles. The zero-order valence-corrected chi connectivity index (χ0v) is 21.7. The van der Waals surface area contributed by atoms with E-state index in [1.807, 2.05) is 42.5 Å². The Labute approximate surface area is 210 Å². The third kappa shape index (κ3) is 5.52. The Morgan fingerprint density at radius 3 is 2.23 bits per heavy atom. The lowest BCUT2D eigenvalue weighted by atomic mass is 9.97. The number of piperidine rings is 1. The number of carbonyl (C=O) groups excluding carboxylic acids is 2. The largest absolute Gasteiger partial charge is 0.302 e. The first-order valence-corrected chi connectivity index (χ1v) is 13.9. The molecule has 1 amide bonds. The summed E-state index contributed by atoms with van der Waals surface area (Å²) in [7, 11) is -3.60. The van der Waals surface area contributed by atoms with Crippen molar-refractivity contribution in [3.05, 3.63) is 65.0 Å². The number of Topliss-reactive ketones (excluding diaryl/α,β-unsaturated/α-hetero) is 1. The average Bonchev–Trinajstić information content (AvgIpc) is 3.29. The summed E-state index contributed by atoms with van der Waals surface area (Å²) in [6.45, 7) is 6.16. The van der Waals surface area contributed by atoms with Gasteiger partial charge in [-0.15, -0.1) is 0 Å². The molecule has 1 saturated heterocycles. The van der Waals surface area contributed by atoms with Crippen LogP contribution in [0.4, 0.5) is 5.13 Å². The van der Waals surface area contributed by atoms with Gasteiger partial charge < -0.3 is 5.32 Å². The topological polar surface area (TPSA) is 96.4 Å². The van der Waals surface area contributed by atoms with E-state index in [1.165, 1.54) is 11.2 Å². The first-order chi connectivity index (χ1) is 16.7. The molecule has 35 heavy (non-hydrogen) atoms. The maximum atomic E-state index is 13.1. The SMILES string of the molecule is CC(=O)c1sc(NC(=O)C2CCN(S(=O)(=O)c3ccc(C(C)C)cc3)CC2)nc1-c1ccccc1. The van der Waals surface area contributed by atoms with Crippen molar-refractivity contribution in [2.75, 3.05) is 18.4 Å². The number of nitrogens with zero attached hydrogens (tertiary/aromatic N) is 2. The highest BCUT2D eigenvalue weighted by Gasteiger charge is 2.32. The molecule has 2 heterocycles. The fourth-order valence-corrected chi connectivity index (χ4v) is 6.50. The van der Waals surface area contributed by atoms with Crippen LogP contribution >= 0.6 is 11.3 Å². The maximum absolute atomic E-state index is 13.1. The minimum absolute atomic E-state index is 0.109. The van der Waals surface area contributed by atoms with Gasteiger partial charge >= 0.3 is 0 Å². The number of ketones is 1. The van der Waals surface area contributed by atoms with Crippen molar-refractivity contribution in [2.24, 2.45) is 5.92 Å². The number of hydrogen-bond donors (Lipinski definition) is 1. The molecule has 0 radical (unpaired) electrons. The summed E-state index contributed by atoms with van der Waals surface area (Å²) in [5.41, 5.74) is 2.46. The van der Waals surface area contributed by atoms with Crippen LogP contribution in [-0.4, -0.2) is 42.5 Å². The molecule has 0 saturated carbocycles. The lowest BCUT2D eigenvalue weighted by molar-refractivity contribution is -0.120. The van der Waals surface area contributed by atoms with Crippen LogP contribution < -0.4 is 5.32 Å². The quantitative estimate of drug-likeness (QED) is 0.441. The molecule has 3 aromatic rings. The van der Waals surface area contributed by atoms with E-state index >= 15 is 0 Å². The van der Waals surface area contributed by atoms with Gasteiger partial charge in [-0.05, 0) is 36.5 Å². The zero-order valence-electron chi connectivity index (χ0n) is 20.0. The standard InChI is InChI=1S/C26H29N3O4S2/c1-17(2)19-9-11-22(12-10-19)35(32,33)29-15-13-21(14-16-29)25(31)28-26-27-23(24(34-26)18(3)30)20-7-5-4-6-8-20/h4-12,17,21H,13-16H2,1-3H3,(H,27,28,31). The van der Waals surface area contributed by atoms with E-state index in [0.717, 1.165) is 22.5 Å². The van der Waals surface area contributed by atoms with Crippen LogP contribution in [0.2, 0.25) is 0 Å². The Morgan fingerprint density at radius 2 is 1.66 bits per heavy atom. The molecule has 0 atom stereocenters. The van der Waals surface area contributed by atoms with Gasteiger partial charge in [0.15, 0.2) is 10.9 Å². The Kier molecular flexibility index (Phi) is 7.49. The van der Waals surface area contributed by atoms with Gasteiger partial charge in [-0.1, -0.05) is 67.6 Å². The highest BCUT2D eigenvalue weighted by molar-refractivity contribution is 7.89.